The average Bonchev–Trinajstić information content (AvgIpc) is 3.07. The summed E-state index contributed by atoms with van der Waals surface area (Å²) in [6, 6.07) is 3.78. The van der Waals surface area contributed by atoms with Crippen LogP contribution in [-0.4, -0.2) is 41.4 Å². The highest BCUT2D eigenvalue weighted by atomic mass is 32.2. The van der Waals surface area contributed by atoms with E-state index in [4.69, 9.17) is 5.14 Å². The zero-order valence-corrected chi connectivity index (χ0v) is 14.2. The molecule has 1 aromatic heterocycles. The minimum atomic E-state index is -3.98. The number of hydrogen-bond acceptors (Lipinski definition) is 7. The molecule has 0 aliphatic carbocycles. The van der Waals surface area contributed by atoms with Crippen molar-refractivity contribution in [1.29, 1.82) is 0 Å². The molecule has 134 valence electrons. The second-order valence-electron chi connectivity index (χ2n) is 6.01. The van der Waals surface area contributed by atoms with Gasteiger partial charge in [-0.3, -0.25) is 14.8 Å². The van der Waals surface area contributed by atoms with Gasteiger partial charge in [-0.05, 0) is 30.9 Å². The second-order valence-corrected chi connectivity index (χ2v) is 7.57. The number of benzene rings is 1. The predicted octanol–water partition coefficient (Wildman–Crippen LogP) is 0.750. The molecule has 10 nitrogen and oxygen atoms in total. The van der Waals surface area contributed by atoms with Crippen LogP contribution in [0.2, 0.25) is 0 Å². The van der Waals surface area contributed by atoms with E-state index in [1.807, 2.05) is 11.1 Å². The van der Waals surface area contributed by atoms with Crippen molar-refractivity contribution >= 4 is 21.4 Å². The molecular weight excluding hydrogens is 348 g/mol. The zero-order chi connectivity index (χ0) is 18.0. The number of nitrogens with zero attached hydrogens (tertiary/aromatic N) is 5. The maximum atomic E-state index is 11.4. The predicted molar refractivity (Wildman–Crippen MR) is 89.4 cm³/mol. The van der Waals surface area contributed by atoms with Gasteiger partial charge >= 0.3 is 0 Å². The molecule has 3 rings (SSSR count). The quantitative estimate of drug-likeness (QED) is 0.609. The number of sulfonamides is 1. The lowest BCUT2D eigenvalue weighted by molar-refractivity contribution is -0.384. The number of piperidine rings is 1. The molecule has 0 bridgehead atoms. The third-order valence-corrected chi connectivity index (χ3v) is 5.26. The molecule has 1 fully saturated rings. The average molecular weight is 366 g/mol. The molecule has 0 amide bonds. The number of hydrogen-bond donors (Lipinski definition) is 1. The van der Waals surface area contributed by atoms with Crippen molar-refractivity contribution in [1.82, 2.24) is 15.0 Å². The summed E-state index contributed by atoms with van der Waals surface area (Å²) in [7, 11) is -3.98. The van der Waals surface area contributed by atoms with Gasteiger partial charge in [0, 0.05) is 31.9 Å². The van der Waals surface area contributed by atoms with Gasteiger partial charge in [-0.2, -0.15) is 0 Å². The summed E-state index contributed by atoms with van der Waals surface area (Å²) in [6.45, 7) is 2.06. The fourth-order valence-corrected chi connectivity index (χ4v) is 3.58. The summed E-state index contributed by atoms with van der Waals surface area (Å²) >= 11 is 0. The van der Waals surface area contributed by atoms with E-state index >= 15 is 0 Å². The van der Waals surface area contributed by atoms with Crippen molar-refractivity contribution in [3.63, 3.8) is 0 Å². The largest absolute Gasteiger partial charge is 0.366 e. The standard InChI is InChI=1S/C14H18N6O4S/c15-25(23,24)12-1-2-13(14(9-12)20(21)22)18-6-3-11(4-7-18)10-19-8-5-16-17-19/h1-2,5,8-9,11H,3-4,6-7,10H2,(H2,15,23,24). The number of aromatic nitrogens is 3. The van der Waals surface area contributed by atoms with E-state index in [0.29, 0.717) is 24.7 Å². The highest BCUT2D eigenvalue weighted by Crippen LogP contribution is 2.33. The van der Waals surface area contributed by atoms with Crippen LogP contribution in [0.25, 0.3) is 0 Å². The molecule has 2 heterocycles. The van der Waals surface area contributed by atoms with Crippen molar-refractivity contribution in [3.8, 4) is 0 Å². The lowest BCUT2D eigenvalue weighted by Crippen LogP contribution is -2.35. The normalized spacial score (nSPS) is 16.1. The van der Waals surface area contributed by atoms with Crippen molar-refractivity contribution in [2.45, 2.75) is 24.3 Å². The number of primary sulfonamides is 1. The Labute approximate surface area is 144 Å². The summed E-state index contributed by atoms with van der Waals surface area (Å²) < 4.78 is 24.6. The van der Waals surface area contributed by atoms with Gasteiger partial charge in [0.15, 0.2) is 0 Å². The SMILES string of the molecule is NS(=O)(=O)c1ccc(N2CCC(Cn3ccnn3)CC2)c([N+](=O)[O-])c1. The summed E-state index contributed by atoms with van der Waals surface area (Å²) in [6.07, 6.45) is 5.15. The molecule has 0 spiro atoms. The Morgan fingerprint density at radius 3 is 2.60 bits per heavy atom. The number of nitrogens with two attached hydrogens (primary N) is 1. The summed E-state index contributed by atoms with van der Waals surface area (Å²) in [5.41, 5.74) is 0.165. The maximum Gasteiger partial charge on any atom is 0.293 e. The Balaban J connectivity index is 1.75. The molecular formula is C14H18N6O4S. The highest BCUT2D eigenvalue weighted by molar-refractivity contribution is 7.89. The monoisotopic (exact) mass is 366 g/mol. The van der Waals surface area contributed by atoms with Gasteiger partial charge in [0.05, 0.1) is 16.0 Å². The van der Waals surface area contributed by atoms with Crippen LogP contribution in [0, 0.1) is 16.0 Å². The molecule has 0 unspecified atom stereocenters. The molecule has 2 N–H and O–H groups in total. The van der Waals surface area contributed by atoms with Gasteiger partial charge in [-0.25, -0.2) is 13.6 Å². The first-order valence-electron chi connectivity index (χ1n) is 7.75. The lowest BCUT2D eigenvalue weighted by Gasteiger charge is -2.33. The van der Waals surface area contributed by atoms with Crippen LogP contribution in [0.3, 0.4) is 0 Å². The first kappa shape index (κ1) is 17.3. The Morgan fingerprint density at radius 1 is 1.32 bits per heavy atom. The molecule has 1 aromatic carbocycles. The number of anilines is 1. The van der Waals surface area contributed by atoms with E-state index in [2.05, 4.69) is 10.3 Å². The molecule has 0 radical (unpaired) electrons. The molecule has 11 heteroatoms. The Morgan fingerprint density at radius 2 is 2.04 bits per heavy atom. The maximum absolute atomic E-state index is 11.4. The number of rotatable bonds is 5. The van der Waals surface area contributed by atoms with E-state index in [-0.39, 0.29) is 10.6 Å². The van der Waals surface area contributed by atoms with Crippen molar-refractivity contribution in [2.75, 3.05) is 18.0 Å². The molecule has 1 saturated heterocycles. The van der Waals surface area contributed by atoms with E-state index in [1.54, 1.807) is 10.9 Å². The van der Waals surface area contributed by atoms with Gasteiger partial charge in [0.25, 0.3) is 5.69 Å². The van der Waals surface area contributed by atoms with Crippen molar-refractivity contribution < 1.29 is 13.3 Å². The minimum absolute atomic E-state index is 0.249. The third kappa shape index (κ3) is 3.94. The third-order valence-electron chi connectivity index (χ3n) is 4.34. The second kappa shape index (κ2) is 6.76. The molecule has 2 aromatic rings. The van der Waals surface area contributed by atoms with Gasteiger partial charge in [0.2, 0.25) is 10.0 Å². The van der Waals surface area contributed by atoms with Gasteiger partial charge in [0.1, 0.15) is 5.69 Å². The van der Waals surface area contributed by atoms with E-state index < -0.39 is 14.9 Å². The number of nitro benzene ring substituents is 1. The summed E-state index contributed by atoms with van der Waals surface area (Å²) in [4.78, 5) is 12.4. The first-order chi connectivity index (χ1) is 11.8. The molecule has 0 atom stereocenters. The van der Waals surface area contributed by atoms with Gasteiger partial charge in [-0.1, -0.05) is 5.21 Å². The van der Waals surface area contributed by atoms with E-state index in [9.17, 15) is 18.5 Å². The van der Waals surface area contributed by atoms with Crippen molar-refractivity contribution in [3.05, 3.63) is 40.7 Å². The van der Waals surface area contributed by atoms with Crippen LogP contribution in [0.15, 0.2) is 35.5 Å². The molecule has 1 aliphatic heterocycles. The Hall–Kier alpha value is -2.53. The lowest BCUT2D eigenvalue weighted by atomic mass is 9.96. The zero-order valence-electron chi connectivity index (χ0n) is 13.4. The number of nitro groups is 1. The fourth-order valence-electron chi connectivity index (χ4n) is 3.04. The summed E-state index contributed by atoms with van der Waals surface area (Å²) in [5, 5.41) is 24.1. The van der Waals surface area contributed by atoms with Crippen LogP contribution < -0.4 is 10.0 Å². The smallest absolute Gasteiger partial charge is 0.293 e. The van der Waals surface area contributed by atoms with Gasteiger partial charge < -0.3 is 4.90 Å². The van der Waals surface area contributed by atoms with Gasteiger partial charge in [-0.15, -0.1) is 5.10 Å². The van der Waals surface area contributed by atoms with Crippen LogP contribution in [0.5, 0.6) is 0 Å². The molecule has 0 saturated carbocycles. The summed E-state index contributed by atoms with van der Waals surface area (Å²) in [5.74, 6) is 0.417. The Kier molecular flexibility index (Phi) is 4.68. The molecule has 1 aliphatic rings. The van der Waals surface area contributed by atoms with E-state index in [0.717, 1.165) is 25.5 Å². The van der Waals surface area contributed by atoms with Crippen LogP contribution in [-0.2, 0) is 16.6 Å². The minimum Gasteiger partial charge on any atom is -0.366 e. The topological polar surface area (TPSA) is 137 Å². The van der Waals surface area contributed by atoms with Crippen LogP contribution in [0.4, 0.5) is 11.4 Å². The van der Waals surface area contributed by atoms with E-state index in [1.165, 1.54) is 12.1 Å². The van der Waals surface area contributed by atoms with Crippen molar-refractivity contribution in [2.24, 2.45) is 11.1 Å². The Bertz CT molecular complexity index is 859. The molecule has 25 heavy (non-hydrogen) atoms. The first-order valence-corrected chi connectivity index (χ1v) is 9.29. The van der Waals surface area contributed by atoms with Crippen LogP contribution >= 0.6 is 0 Å². The highest BCUT2D eigenvalue weighted by Gasteiger charge is 2.26. The fraction of sp³-hybridized carbons (Fsp3) is 0.429. The van der Waals surface area contributed by atoms with Crippen LogP contribution in [0.1, 0.15) is 12.8 Å².